The van der Waals surface area contributed by atoms with Crippen LogP contribution in [-0.2, 0) is 14.3 Å². The average molecular weight is 508 g/mol. The number of methoxy groups -OCH3 is 1. The summed E-state index contributed by atoms with van der Waals surface area (Å²) in [4.78, 5) is 40.2. The molecule has 0 fully saturated rings. The van der Waals surface area contributed by atoms with Gasteiger partial charge in [0.1, 0.15) is 17.4 Å². The highest BCUT2D eigenvalue weighted by Crippen LogP contribution is 2.27. The molecule has 3 amide bonds. The second-order valence-electron chi connectivity index (χ2n) is 8.57. The molecule has 0 bridgehead atoms. The number of ether oxygens (including phenoxy) is 2. The minimum atomic E-state index is -1.31. The van der Waals surface area contributed by atoms with Crippen molar-refractivity contribution in [2.24, 2.45) is 0 Å². The summed E-state index contributed by atoms with van der Waals surface area (Å²) in [5, 5.41) is 5.22. The fraction of sp³-hybridized carbons (Fsp3) is 0.296. The molecule has 0 saturated carbocycles. The maximum atomic E-state index is 13.5. The summed E-state index contributed by atoms with van der Waals surface area (Å²) in [7, 11) is 1.53. The maximum Gasteiger partial charge on any atom is 0.408 e. The molecule has 0 aliphatic rings. The summed E-state index contributed by atoms with van der Waals surface area (Å²) in [6.45, 7) is 5.07. The van der Waals surface area contributed by atoms with Gasteiger partial charge in [-0.1, -0.05) is 30.5 Å². The Morgan fingerprint density at radius 1 is 1.08 bits per heavy atom. The molecule has 2 N–H and O–H groups in total. The molecule has 2 aromatic carbocycles. The Hall–Kier alpha value is -4.08. The average Bonchev–Trinajstić information content (AvgIpc) is 2.84. The number of alkyl carbamates (subject to hydrolysis) is 1. The zero-order valence-corrected chi connectivity index (χ0v) is 21.5. The molecule has 188 valence electrons. The van der Waals surface area contributed by atoms with E-state index in [1.54, 1.807) is 69.3 Å². The molecule has 0 radical (unpaired) electrons. The number of carbonyl (C=O) groups excluding carboxylic acids is 3. The van der Waals surface area contributed by atoms with Gasteiger partial charge in [-0.05, 0) is 51.1 Å². The highest BCUT2D eigenvalue weighted by molar-refractivity contribution is 7.80. The van der Waals surface area contributed by atoms with Crippen LogP contribution in [0.3, 0.4) is 0 Å². The monoisotopic (exact) mass is 507 g/mol. The standard InChI is InChI=1S/C27H29N3O5S/c1-7-18-11-9-10-12-21(18)23(24(31)28-19-13-15-20(34-6)16-14-19)30(8-2)25(32)22(17-36)29-26(33)35-27(3,4)5/h1-2,9-16,22-23,36H,17H2,3-6H3,(H,28,31)(H,29,33). The fourth-order valence-electron chi connectivity index (χ4n) is 3.22. The van der Waals surface area contributed by atoms with Gasteiger partial charge in [0.2, 0.25) is 0 Å². The van der Waals surface area contributed by atoms with Crippen LogP contribution >= 0.6 is 12.6 Å². The lowest BCUT2D eigenvalue weighted by Crippen LogP contribution is -2.51. The Balaban J connectivity index is 2.45. The van der Waals surface area contributed by atoms with Crippen molar-refractivity contribution in [1.29, 1.82) is 0 Å². The molecule has 2 rings (SSSR count). The van der Waals surface area contributed by atoms with Crippen molar-refractivity contribution in [3.05, 3.63) is 59.7 Å². The van der Waals surface area contributed by atoms with Crippen LogP contribution in [0.5, 0.6) is 5.75 Å². The quantitative estimate of drug-likeness (QED) is 0.288. The largest absolute Gasteiger partial charge is 0.497 e. The summed E-state index contributed by atoms with van der Waals surface area (Å²) in [5.41, 5.74) is 0.383. The molecule has 0 aliphatic carbocycles. The molecule has 9 heteroatoms. The topological polar surface area (TPSA) is 97.0 Å². The molecule has 0 heterocycles. The Labute approximate surface area is 217 Å². The third-order valence-electron chi connectivity index (χ3n) is 4.82. The van der Waals surface area contributed by atoms with Crippen LogP contribution in [0, 0.1) is 24.8 Å². The predicted molar refractivity (Wildman–Crippen MR) is 141 cm³/mol. The maximum absolute atomic E-state index is 13.5. The lowest BCUT2D eigenvalue weighted by atomic mass is 9.98. The van der Waals surface area contributed by atoms with E-state index >= 15 is 0 Å². The van der Waals surface area contributed by atoms with Gasteiger partial charge in [0.15, 0.2) is 6.04 Å². The number of rotatable bonds is 8. The number of benzene rings is 2. The first-order valence-corrected chi connectivity index (χ1v) is 11.6. The van der Waals surface area contributed by atoms with E-state index < -0.39 is 35.6 Å². The van der Waals surface area contributed by atoms with E-state index in [0.717, 1.165) is 4.90 Å². The number of hydrogen-bond acceptors (Lipinski definition) is 6. The van der Waals surface area contributed by atoms with E-state index in [0.29, 0.717) is 22.6 Å². The van der Waals surface area contributed by atoms with Gasteiger partial charge in [-0.15, -0.1) is 6.42 Å². The van der Waals surface area contributed by atoms with E-state index in [1.165, 1.54) is 7.11 Å². The van der Waals surface area contributed by atoms with Gasteiger partial charge in [0.25, 0.3) is 11.8 Å². The molecule has 0 aliphatic heterocycles. The zero-order valence-electron chi connectivity index (χ0n) is 20.6. The summed E-state index contributed by atoms with van der Waals surface area (Å²) in [5.74, 6) is 1.68. The van der Waals surface area contributed by atoms with Gasteiger partial charge in [0.05, 0.1) is 7.11 Å². The van der Waals surface area contributed by atoms with Crippen LogP contribution in [0.25, 0.3) is 0 Å². The number of terminal acetylenes is 2. The predicted octanol–water partition coefficient (Wildman–Crippen LogP) is 3.60. The smallest absolute Gasteiger partial charge is 0.408 e. The van der Waals surface area contributed by atoms with E-state index in [9.17, 15) is 14.4 Å². The number of nitrogens with zero attached hydrogens (tertiary/aromatic N) is 1. The normalized spacial score (nSPS) is 12.2. The third kappa shape index (κ3) is 7.46. The number of nitrogens with one attached hydrogen (secondary N) is 2. The van der Waals surface area contributed by atoms with E-state index in [2.05, 4.69) is 35.2 Å². The molecule has 0 aromatic heterocycles. The van der Waals surface area contributed by atoms with Gasteiger partial charge in [0, 0.05) is 28.6 Å². The number of amides is 3. The molecule has 0 spiro atoms. The van der Waals surface area contributed by atoms with Crippen molar-refractivity contribution >= 4 is 36.2 Å². The summed E-state index contributed by atoms with van der Waals surface area (Å²) >= 11 is 4.19. The Morgan fingerprint density at radius 2 is 1.72 bits per heavy atom. The van der Waals surface area contributed by atoms with Crippen LogP contribution in [0.1, 0.15) is 37.9 Å². The highest BCUT2D eigenvalue weighted by Gasteiger charge is 2.36. The van der Waals surface area contributed by atoms with Crippen molar-refractivity contribution in [1.82, 2.24) is 10.2 Å². The van der Waals surface area contributed by atoms with Crippen molar-refractivity contribution in [2.45, 2.75) is 38.5 Å². The summed E-state index contributed by atoms with van der Waals surface area (Å²) in [6.07, 6.45) is 10.6. The van der Waals surface area contributed by atoms with Gasteiger partial charge in [-0.25, -0.2) is 4.79 Å². The Bertz CT molecular complexity index is 1180. The third-order valence-corrected chi connectivity index (χ3v) is 5.19. The van der Waals surface area contributed by atoms with Crippen molar-refractivity contribution in [3.63, 3.8) is 0 Å². The molecular weight excluding hydrogens is 478 g/mol. The minimum Gasteiger partial charge on any atom is -0.497 e. The number of hydrogen-bond donors (Lipinski definition) is 3. The number of anilines is 1. The van der Waals surface area contributed by atoms with E-state index in [4.69, 9.17) is 22.3 Å². The van der Waals surface area contributed by atoms with Gasteiger partial charge in [-0.2, -0.15) is 12.6 Å². The highest BCUT2D eigenvalue weighted by atomic mass is 32.1. The second kappa shape index (κ2) is 12.6. The summed E-state index contributed by atoms with van der Waals surface area (Å²) < 4.78 is 10.4. The molecule has 36 heavy (non-hydrogen) atoms. The molecular formula is C27H29N3O5S. The van der Waals surface area contributed by atoms with Crippen molar-refractivity contribution in [3.8, 4) is 30.6 Å². The van der Waals surface area contributed by atoms with Gasteiger partial charge in [-0.3, -0.25) is 14.5 Å². The van der Waals surface area contributed by atoms with Crippen LogP contribution in [0.15, 0.2) is 48.5 Å². The minimum absolute atomic E-state index is 0.0974. The first-order valence-electron chi connectivity index (χ1n) is 10.9. The Kier molecular flexibility index (Phi) is 9.83. The van der Waals surface area contributed by atoms with Crippen LogP contribution < -0.4 is 15.4 Å². The zero-order chi connectivity index (χ0) is 26.9. The number of carbonyl (C=O) groups is 3. The van der Waals surface area contributed by atoms with Gasteiger partial charge < -0.3 is 20.1 Å². The lowest BCUT2D eigenvalue weighted by Gasteiger charge is -2.30. The summed E-state index contributed by atoms with van der Waals surface area (Å²) in [6, 6.07) is 13.1. The van der Waals surface area contributed by atoms with Crippen molar-refractivity contribution in [2.75, 3.05) is 18.2 Å². The molecule has 8 nitrogen and oxygen atoms in total. The molecule has 0 saturated heterocycles. The van der Waals surface area contributed by atoms with E-state index in [1.807, 2.05) is 0 Å². The second-order valence-corrected chi connectivity index (χ2v) is 8.94. The van der Waals surface area contributed by atoms with E-state index in [-0.39, 0.29) is 5.75 Å². The molecule has 2 atom stereocenters. The number of thiol groups is 1. The van der Waals surface area contributed by atoms with Crippen LogP contribution in [0.4, 0.5) is 10.5 Å². The van der Waals surface area contributed by atoms with Crippen LogP contribution in [0.2, 0.25) is 0 Å². The SMILES string of the molecule is C#Cc1ccccc1C(C(=O)Nc1ccc(OC)cc1)N(C#C)C(=O)C(CS)NC(=O)OC(C)(C)C. The van der Waals surface area contributed by atoms with Crippen LogP contribution in [-0.4, -0.2) is 47.3 Å². The van der Waals surface area contributed by atoms with Gasteiger partial charge >= 0.3 is 6.09 Å². The molecule has 2 unspecified atom stereocenters. The molecule has 2 aromatic rings. The first kappa shape index (κ1) is 28.2. The first-order chi connectivity index (χ1) is 17.0. The lowest BCUT2D eigenvalue weighted by molar-refractivity contribution is -0.136. The van der Waals surface area contributed by atoms with Crippen molar-refractivity contribution < 1.29 is 23.9 Å². The fourth-order valence-corrected chi connectivity index (χ4v) is 3.47. The Morgan fingerprint density at radius 3 is 2.25 bits per heavy atom.